The summed E-state index contributed by atoms with van der Waals surface area (Å²) in [5.41, 5.74) is 3.74. The van der Waals surface area contributed by atoms with Crippen LogP contribution in [0.25, 0.3) is 11.1 Å². The summed E-state index contributed by atoms with van der Waals surface area (Å²) in [6, 6.07) is 4.68. The van der Waals surface area contributed by atoms with E-state index in [9.17, 15) is 20.2 Å². The van der Waals surface area contributed by atoms with Gasteiger partial charge in [0, 0.05) is 17.7 Å². The van der Waals surface area contributed by atoms with Gasteiger partial charge in [0.15, 0.2) is 0 Å². The largest absolute Gasteiger partial charge is 0.397 e. The molecule has 0 aliphatic heterocycles. The van der Waals surface area contributed by atoms with Crippen LogP contribution in [0.1, 0.15) is 5.56 Å². The van der Waals surface area contributed by atoms with Crippen molar-refractivity contribution in [3.8, 4) is 17.2 Å². The van der Waals surface area contributed by atoms with Gasteiger partial charge >= 0.3 is 0 Å². The van der Waals surface area contributed by atoms with Gasteiger partial charge < -0.3 is 5.73 Å². The minimum absolute atomic E-state index is 0.0802. The van der Waals surface area contributed by atoms with E-state index < -0.39 is 21.2 Å². The van der Waals surface area contributed by atoms with Gasteiger partial charge in [0.2, 0.25) is 0 Å². The van der Waals surface area contributed by atoms with Crippen molar-refractivity contribution < 1.29 is 9.85 Å². The molecule has 2 N–H and O–H groups in total. The zero-order chi connectivity index (χ0) is 18.2. The summed E-state index contributed by atoms with van der Waals surface area (Å²) in [5, 5.41) is 30.6. The predicted molar refractivity (Wildman–Crippen MR) is 89.3 cm³/mol. The van der Waals surface area contributed by atoms with E-state index >= 15 is 0 Å². The summed E-state index contributed by atoms with van der Waals surface area (Å²) < 4.78 is 0. The Bertz CT molecular complexity index is 940. The number of nitrogen functional groups attached to an aromatic ring is 1. The third-order valence-electron chi connectivity index (χ3n) is 3.06. The lowest BCUT2D eigenvalue weighted by atomic mass is 9.99. The molecule has 2 aromatic carbocycles. The maximum Gasteiger partial charge on any atom is 0.297 e. The second kappa shape index (κ2) is 6.49. The number of hydrogen-bond donors (Lipinski definition) is 1. The molecule has 0 amide bonds. The van der Waals surface area contributed by atoms with Crippen molar-refractivity contribution in [2.24, 2.45) is 0 Å². The number of nitriles is 1. The van der Waals surface area contributed by atoms with Crippen LogP contribution in [-0.2, 0) is 0 Å². The van der Waals surface area contributed by atoms with E-state index in [1.807, 2.05) is 0 Å². The Morgan fingerprint density at radius 3 is 2.17 bits per heavy atom. The summed E-state index contributed by atoms with van der Waals surface area (Å²) >= 11 is 18.0. The molecule has 122 valence electrons. The summed E-state index contributed by atoms with van der Waals surface area (Å²) in [6.45, 7) is 0. The van der Waals surface area contributed by atoms with E-state index in [4.69, 9.17) is 45.8 Å². The van der Waals surface area contributed by atoms with Crippen molar-refractivity contribution in [1.29, 1.82) is 5.26 Å². The fourth-order valence-corrected chi connectivity index (χ4v) is 2.81. The fraction of sp³-hybridized carbons (Fsp3) is 0. The van der Waals surface area contributed by atoms with E-state index in [0.717, 1.165) is 18.2 Å². The maximum absolute atomic E-state index is 11.3. The summed E-state index contributed by atoms with van der Waals surface area (Å²) in [5.74, 6) is 0. The molecular formula is C13H5Cl3N4O4. The Morgan fingerprint density at radius 2 is 1.67 bits per heavy atom. The topological polar surface area (TPSA) is 136 Å². The first-order chi connectivity index (χ1) is 11.2. The maximum atomic E-state index is 11.3. The highest BCUT2D eigenvalue weighted by Gasteiger charge is 2.29. The smallest absolute Gasteiger partial charge is 0.297 e. The van der Waals surface area contributed by atoms with Gasteiger partial charge in [0.25, 0.3) is 11.4 Å². The first-order valence-corrected chi connectivity index (χ1v) is 7.12. The van der Waals surface area contributed by atoms with Crippen molar-refractivity contribution >= 4 is 51.9 Å². The van der Waals surface area contributed by atoms with Crippen LogP contribution < -0.4 is 5.73 Å². The lowest BCUT2D eigenvalue weighted by Crippen LogP contribution is -2.00. The van der Waals surface area contributed by atoms with Gasteiger partial charge in [0.05, 0.1) is 36.7 Å². The second-order valence-corrected chi connectivity index (χ2v) is 5.63. The van der Waals surface area contributed by atoms with E-state index in [1.165, 1.54) is 0 Å². The lowest BCUT2D eigenvalue weighted by molar-refractivity contribution is -0.385. The molecule has 0 spiro atoms. The van der Waals surface area contributed by atoms with E-state index in [-0.39, 0.29) is 37.4 Å². The summed E-state index contributed by atoms with van der Waals surface area (Å²) in [6.07, 6.45) is 0. The molecule has 11 heteroatoms. The third kappa shape index (κ3) is 2.92. The van der Waals surface area contributed by atoms with Crippen molar-refractivity contribution in [2.75, 3.05) is 5.73 Å². The number of non-ortho nitro benzene ring substituents is 1. The Morgan fingerprint density at radius 1 is 1.04 bits per heavy atom. The first kappa shape index (κ1) is 17.7. The molecule has 0 aromatic heterocycles. The van der Waals surface area contributed by atoms with Crippen LogP contribution in [-0.4, -0.2) is 9.85 Å². The van der Waals surface area contributed by atoms with Gasteiger partial charge in [-0.1, -0.05) is 34.8 Å². The van der Waals surface area contributed by atoms with Crippen LogP contribution in [0.4, 0.5) is 17.1 Å². The molecule has 2 aromatic rings. The Labute approximate surface area is 149 Å². The molecule has 0 fully saturated rings. The van der Waals surface area contributed by atoms with E-state index in [0.29, 0.717) is 0 Å². The minimum Gasteiger partial charge on any atom is -0.397 e. The zero-order valence-electron chi connectivity index (χ0n) is 11.4. The van der Waals surface area contributed by atoms with Gasteiger partial charge in [-0.05, 0) is 6.07 Å². The molecule has 0 unspecified atom stereocenters. The molecule has 0 aliphatic rings. The summed E-state index contributed by atoms with van der Waals surface area (Å²) in [4.78, 5) is 20.8. The van der Waals surface area contributed by atoms with Gasteiger partial charge in [-0.25, -0.2) is 0 Å². The second-order valence-electron chi connectivity index (χ2n) is 4.47. The average Bonchev–Trinajstić information content (AvgIpc) is 2.50. The molecule has 0 bridgehead atoms. The quantitative estimate of drug-likeness (QED) is 0.465. The molecule has 0 saturated carbocycles. The fourth-order valence-electron chi connectivity index (χ4n) is 2.04. The SMILES string of the molecule is N#Cc1cc([N+](=O)[O-])cc(-c2c(Cl)c(N)cc(Cl)c2[N+](=O)[O-])c1Cl. The van der Waals surface area contributed by atoms with Gasteiger partial charge in [-0.3, -0.25) is 20.2 Å². The highest BCUT2D eigenvalue weighted by atomic mass is 35.5. The molecule has 0 heterocycles. The Hall–Kier alpha value is -2.60. The number of nitro benzene ring substituents is 2. The van der Waals surface area contributed by atoms with Crippen molar-refractivity contribution in [2.45, 2.75) is 0 Å². The molecule has 0 radical (unpaired) electrons. The molecule has 0 atom stereocenters. The van der Waals surface area contributed by atoms with Crippen molar-refractivity contribution in [3.05, 3.63) is 59.1 Å². The normalized spacial score (nSPS) is 10.2. The predicted octanol–water partition coefficient (Wildman–Crippen LogP) is 4.58. The molecule has 0 saturated heterocycles. The average molecular weight is 388 g/mol. The highest BCUT2D eigenvalue weighted by molar-refractivity contribution is 6.41. The van der Waals surface area contributed by atoms with Gasteiger partial charge in [-0.15, -0.1) is 0 Å². The third-order valence-corrected chi connectivity index (χ3v) is 4.16. The van der Waals surface area contributed by atoms with E-state index in [1.54, 1.807) is 6.07 Å². The number of nitro groups is 2. The monoisotopic (exact) mass is 386 g/mol. The number of hydrogen-bond acceptors (Lipinski definition) is 6. The molecular weight excluding hydrogens is 383 g/mol. The van der Waals surface area contributed by atoms with Crippen molar-refractivity contribution in [1.82, 2.24) is 0 Å². The van der Waals surface area contributed by atoms with Gasteiger partial charge in [-0.2, -0.15) is 5.26 Å². The van der Waals surface area contributed by atoms with Crippen LogP contribution in [0.3, 0.4) is 0 Å². The standard InChI is InChI=1S/C13H5Cl3N4O4/c14-8-3-9(18)12(16)10(13(8)20(23)24)7-2-6(19(21)22)1-5(4-17)11(7)15/h1-3H,18H2. The number of benzene rings is 2. The minimum atomic E-state index is -0.815. The first-order valence-electron chi connectivity index (χ1n) is 5.99. The molecule has 0 aliphatic carbocycles. The number of nitrogens with two attached hydrogens (primary N) is 1. The lowest BCUT2D eigenvalue weighted by Gasteiger charge is -2.12. The van der Waals surface area contributed by atoms with Gasteiger partial charge in [0.1, 0.15) is 11.1 Å². The van der Waals surface area contributed by atoms with Crippen LogP contribution in [0.5, 0.6) is 0 Å². The molecule has 8 nitrogen and oxygen atoms in total. The molecule has 2 rings (SSSR count). The number of halogens is 3. The number of anilines is 1. The van der Waals surface area contributed by atoms with Crippen LogP contribution in [0.2, 0.25) is 15.1 Å². The summed E-state index contributed by atoms with van der Waals surface area (Å²) in [7, 11) is 0. The van der Waals surface area contributed by atoms with Crippen LogP contribution in [0, 0.1) is 31.6 Å². The highest BCUT2D eigenvalue weighted by Crippen LogP contribution is 2.47. The van der Waals surface area contributed by atoms with Crippen molar-refractivity contribution in [3.63, 3.8) is 0 Å². The van der Waals surface area contributed by atoms with E-state index in [2.05, 4.69) is 0 Å². The zero-order valence-corrected chi connectivity index (χ0v) is 13.7. The Balaban J connectivity index is 3.02. The van der Waals surface area contributed by atoms with Crippen LogP contribution in [0.15, 0.2) is 18.2 Å². The Kier molecular flexibility index (Phi) is 4.80. The molecule has 24 heavy (non-hydrogen) atoms. The number of rotatable bonds is 3. The van der Waals surface area contributed by atoms with Crippen LogP contribution >= 0.6 is 34.8 Å². The number of nitrogens with zero attached hydrogens (tertiary/aromatic N) is 3.